The standard InChI is InChI=1S/C16H19NO/c1-11-5-4-6-14(9-11)10-17-15-8-7-12(2)16(18)13(15)3/h4-9,17-18H,10H2,1-3H3. The van der Waals surface area contributed by atoms with Gasteiger partial charge in [-0.15, -0.1) is 0 Å². The van der Waals surface area contributed by atoms with E-state index in [1.165, 1.54) is 11.1 Å². The van der Waals surface area contributed by atoms with E-state index in [2.05, 4.69) is 36.5 Å². The van der Waals surface area contributed by atoms with Gasteiger partial charge in [0.1, 0.15) is 5.75 Å². The van der Waals surface area contributed by atoms with Crippen LogP contribution in [0.1, 0.15) is 22.3 Å². The van der Waals surface area contributed by atoms with E-state index >= 15 is 0 Å². The van der Waals surface area contributed by atoms with Crippen LogP contribution in [0.15, 0.2) is 36.4 Å². The quantitative estimate of drug-likeness (QED) is 0.853. The molecule has 0 aromatic heterocycles. The van der Waals surface area contributed by atoms with Gasteiger partial charge in [-0.1, -0.05) is 35.9 Å². The summed E-state index contributed by atoms with van der Waals surface area (Å²) in [6.45, 7) is 6.70. The van der Waals surface area contributed by atoms with Crippen LogP contribution in [0.4, 0.5) is 5.69 Å². The zero-order valence-corrected chi connectivity index (χ0v) is 11.1. The predicted molar refractivity (Wildman–Crippen MR) is 76.1 cm³/mol. The Kier molecular flexibility index (Phi) is 3.56. The molecule has 0 unspecified atom stereocenters. The number of phenols is 1. The fourth-order valence-corrected chi connectivity index (χ4v) is 2.05. The molecule has 0 bridgehead atoms. The lowest BCUT2D eigenvalue weighted by atomic mass is 10.1. The van der Waals surface area contributed by atoms with Gasteiger partial charge in [-0.05, 0) is 38.0 Å². The lowest BCUT2D eigenvalue weighted by Crippen LogP contribution is -2.01. The van der Waals surface area contributed by atoms with Gasteiger partial charge >= 0.3 is 0 Å². The van der Waals surface area contributed by atoms with Gasteiger partial charge in [0.2, 0.25) is 0 Å². The van der Waals surface area contributed by atoms with E-state index in [1.54, 1.807) is 0 Å². The van der Waals surface area contributed by atoms with Crippen molar-refractivity contribution in [3.63, 3.8) is 0 Å². The molecule has 0 heterocycles. The van der Waals surface area contributed by atoms with E-state index in [4.69, 9.17) is 0 Å². The molecular weight excluding hydrogens is 222 g/mol. The van der Waals surface area contributed by atoms with Crippen LogP contribution in [0.2, 0.25) is 0 Å². The second-order valence-electron chi connectivity index (χ2n) is 4.75. The van der Waals surface area contributed by atoms with Crippen LogP contribution >= 0.6 is 0 Å². The van der Waals surface area contributed by atoms with Crippen molar-refractivity contribution in [1.29, 1.82) is 0 Å². The Morgan fingerprint density at radius 3 is 2.56 bits per heavy atom. The Morgan fingerprint density at radius 1 is 1.06 bits per heavy atom. The molecule has 0 radical (unpaired) electrons. The van der Waals surface area contributed by atoms with Gasteiger partial charge in [0, 0.05) is 17.8 Å². The van der Waals surface area contributed by atoms with Gasteiger partial charge in [-0.25, -0.2) is 0 Å². The predicted octanol–water partition coefficient (Wildman–Crippen LogP) is 3.93. The molecular formula is C16H19NO. The maximum atomic E-state index is 9.89. The summed E-state index contributed by atoms with van der Waals surface area (Å²) in [5, 5.41) is 13.3. The first kappa shape index (κ1) is 12.5. The Hall–Kier alpha value is -1.96. The highest BCUT2D eigenvalue weighted by Gasteiger charge is 2.05. The normalized spacial score (nSPS) is 10.4. The van der Waals surface area contributed by atoms with Crippen molar-refractivity contribution in [2.45, 2.75) is 27.3 Å². The highest BCUT2D eigenvalue weighted by molar-refractivity contribution is 5.59. The minimum absolute atomic E-state index is 0.379. The van der Waals surface area contributed by atoms with E-state index in [9.17, 15) is 5.11 Å². The van der Waals surface area contributed by atoms with Gasteiger partial charge in [-0.3, -0.25) is 0 Å². The summed E-state index contributed by atoms with van der Waals surface area (Å²) in [6.07, 6.45) is 0. The summed E-state index contributed by atoms with van der Waals surface area (Å²) in [5.41, 5.74) is 5.31. The molecule has 2 nitrogen and oxygen atoms in total. The summed E-state index contributed by atoms with van der Waals surface area (Å²) in [7, 11) is 0. The van der Waals surface area contributed by atoms with Crippen LogP contribution in [-0.4, -0.2) is 5.11 Å². The van der Waals surface area contributed by atoms with Gasteiger partial charge < -0.3 is 10.4 Å². The molecule has 2 aromatic rings. The van der Waals surface area contributed by atoms with E-state index in [-0.39, 0.29) is 0 Å². The second kappa shape index (κ2) is 5.13. The van der Waals surface area contributed by atoms with Crippen LogP contribution < -0.4 is 5.32 Å². The summed E-state index contributed by atoms with van der Waals surface area (Å²) >= 11 is 0. The van der Waals surface area contributed by atoms with Crippen molar-refractivity contribution < 1.29 is 5.11 Å². The monoisotopic (exact) mass is 241 g/mol. The van der Waals surface area contributed by atoms with Crippen LogP contribution in [-0.2, 0) is 6.54 Å². The Bertz CT molecular complexity index is 561. The highest BCUT2D eigenvalue weighted by atomic mass is 16.3. The Morgan fingerprint density at radius 2 is 1.83 bits per heavy atom. The van der Waals surface area contributed by atoms with E-state index < -0.39 is 0 Å². The van der Waals surface area contributed by atoms with E-state index in [0.717, 1.165) is 23.4 Å². The fraction of sp³-hybridized carbons (Fsp3) is 0.250. The van der Waals surface area contributed by atoms with Gasteiger partial charge in [0.15, 0.2) is 0 Å². The third-order valence-corrected chi connectivity index (χ3v) is 3.20. The van der Waals surface area contributed by atoms with Crippen LogP contribution in [0.25, 0.3) is 0 Å². The molecule has 0 saturated carbocycles. The number of phenolic OH excluding ortho intramolecular Hbond substituents is 1. The first-order valence-electron chi connectivity index (χ1n) is 6.16. The zero-order chi connectivity index (χ0) is 13.1. The van der Waals surface area contributed by atoms with Crippen molar-refractivity contribution in [3.05, 3.63) is 58.7 Å². The summed E-state index contributed by atoms with van der Waals surface area (Å²) in [6, 6.07) is 12.4. The third-order valence-electron chi connectivity index (χ3n) is 3.20. The van der Waals surface area contributed by atoms with Crippen LogP contribution in [0.5, 0.6) is 5.75 Å². The van der Waals surface area contributed by atoms with Crippen molar-refractivity contribution in [3.8, 4) is 5.75 Å². The number of rotatable bonds is 3. The number of benzene rings is 2. The lowest BCUT2D eigenvalue weighted by molar-refractivity contribution is 0.467. The van der Waals surface area contributed by atoms with Crippen LogP contribution in [0.3, 0.4) is 0 Å². The number of aryl methyl sites for hydroxylation is 2. The zero-order valence-electron chi connectivity index (χ0n) is 11.1. The molecule has 0 atom stereocenters. The first-order chi connectivity index (χ1) is 8.58. The molecule has 0 aliphatic heterocycles. The van der Waals surface area contributed by atoms with Crippen LogP contribution in [0, 0.1) is 20.8 Å². The number of hydrogen-bond donors (Lipinski definition) is 2. The molecule has 0 saturated heterocycles. The van der Waals surface area contributed by atoms with Gasteiger partial charge in [-0.2, -0.15) is 0 Å². The summed E-state index contributed by atoms with van der Waals surface area (Å²) < 4.78 is 0. The Balaban J connectivity index is 2.14. The first-order valence-corrected chi connectivity index (χ1v) is 6.16. The SMILES string of the molecule is Cc1cccc(CNc2ccc(C)c(O)c2C)c1. The topological polar surface area (TPSA) is 32.3 Å². The molecule has 94 valence electrons. The molecule has 0 fully saturated rings. The molecule has 0 amide bonds. The minimum atomic E-state index is 0.379. The minimum Gasteiger partial charge on any atom is -0.507 e. The summed E-state index contributed by atoms with van der Waals surface area (Å²) in [5.74, 6) is 0.379. The molecule has 0 spiro atoms. The number of anilines is 1. The van der Waals surface area contributed by atoms with Crippen molar-refractivity contribution in [2.24, 2.45) is 0 Å². The molecule has 2 aromatic carbocycles. The largest absolute Gasteiger partial charge is 0.507 e. The second-order valence-corrected chi connectivity index (χ2v) is 4.75. The van der Waals surface area contributed by atoms with E-state index in [1.807, 2.05) is 26.0 Å². The molecule has 2 rings (SSSR count). The molecule has 2 N–H and O–H groups in total. The van der Waals surface area contributed by atoms with Crippen molar-refractivity contribution in [1.82, 2.24) is 0 Å². The maximum absolute atomic E-state index is 9.89. The third kappa shape index (κ3) is 2.65. The maximum Gasteiger partial charge on any atom is 0.123 e. The Labute approximate surface area is 108 Å². The lowest BCUT2D eigenvalue weighted by Gasteiger charge is -2.12. The molecule has 0 aliphatic carbocycles. The van der Waals surface area contributed by atoms with Crippen molar-refractivity contribution >= 4 is 5.69 Å². The molecule has 2 heteroatoms. The molecule has 0 aliphatic rings. The van der Waals surface area contributed by atoms with Gasteiger partial charge in [0.05, 0.1) is 0 Å². The van der Waals surface area contributed by atoms with Crippen molar-refractivity contribution in [2.75, 3.05) is 5.32 Å². The number of hydrogen-bond acceptors (Lipinski definition) is 2. The summed E-state index contributed by atoms with van der Waals surface area (Å²) in [4.78, 5) is 0. The van der Waals surface area contributed by atoms with Gasteiger partial charge in [0.25, 0.3) is 0 Å². The number of nitrogens with one attached hydrogen (secondary N) is 1. The average Bonchev–Trinajstić information content (AvgIpc) is 2.35. The molecule has 18 heavy (non-hydrogen) atoms. The average molecular weight is 241 g/mol. The van der Waals surface area contributed by atoms with E-state index in [0.29, 0.717) is 5.75 Å². The fourth-order valence-electron chi connectivity index (χ4n) is 2.05. The smallest absolute Gasteiger partial charge is 0.123 e. The number of aromatic hydroxyl groups is 1. The highest BCUT2D eigenvalue weighted by Crippen LogP contribution is 2.28.